The van der Waals surface area contributed by atoms with Crippen LogP contribution in [0.25, 0.3) is 0 Å². The van der Waals surface area contributed by atoms with E-state index in [1.54, 1.807) is 38.1 Å². The van der Waals surface area contributed by atoms with E-state index >= 15 is 0 Å². The summed E-state index contributed by atoms with van der Waals surface area (Å²) in [7, 11) is 0. The summed E-state index contributed by atoms with van der Waals surface area (Å²) in [5.41, 5.74) is 3.32. The smallest absolute Gasteiger partial charge is 0.311 e. The topological polar surface area (TPSA) is 103 Å². The molecular formula is C19H20ClN3O5. The van der Waals surface area contributed by atoms with Crippen LogP contribution in [0.5, 0.6) is 11.5 Å². The summed E-state index contributed by atoms with van der Waals surface area (Å²) in [6.45, 7) is 4.15. The number of rotatable bonds is 9. The lowest BCUT2D eigenvalue weighted by molar-refractivity contribution is -0.385. The predicted molar refractivity (Wildman–Crippen MR) is 106 cm³/mol. The molecule has 0 spiro atoms. The van der Waals surface area contributed by atoms with Crippen LogP contribution in [0.1, 0.15) is 25.0 Å². The highest BCUT2D eigenvalue weighted by atomic mass is 35.5. The van der Waals surface area contributed by atoms with Gasteiger partial charge in [-0.15, -0.1) is 0 Å². The normalized spacial score (nSPS) is 10.7. The van der Waals surface area contributed by atoms with E-state index in [1.165, 1.54) is 18.3 Å². The Balaban J connectivity index is 2.15. The van der Waals surface area contributed by atoms with E-state index in [2.05, 4.69) is 10.5 Å². The summed E-state index contributed by atoms with van der Waals surface area (Å²) in [6.07, 6.45) is 1.42. The molecule has 1 amide bonds. The van der Waals surface area contributed by atoms with Gasteiger partial charge in [-0.05, 0) is 31.5 Å². The number of hydrogen-bond acceptors (Lipinski definition) is 6. The molecule has 9 heteroatoms. The first-order valence-electron chi connectivity index (χ1n) is 8.59. The number of amides is 1. The molecule has 0 atom stereocenters. The van der Waals surface area contributed by atoms with E-state index in [4.69, 9.17) is 21.1 Å². The van der Waals surface area contributed by atoms with Crippen LogP contribution in [0.4, 0.5) is 5.69 Å². The number of nitrogens with one attached hydrogen (secondary N) is 1. The third-order valence-electron chi connectivity index (χ3n) is 3.56. The van der Waals surface area contributed by atoms with Crippen molar-refractivity contribution >= 4 is 29.4 Å². The number of nitro groups is 1. The molecule has 28 heavy (non-hydrogen) atoms. The highest BCUT2D eigenvalue weighted by molar-refractivity contribution is 6.30. The predicted octanol–water partition coefficient (Wildman–Crippen LogP) is 3.74. The standard InChI is InChI=1S/C19H20ClN3O5/c1-3-27-17-11-18(28-4-2)16(23(25)26)10-14(17)12-21-22-19(24)9-13-5-7-15(20)8-6-13/h5-8,10-12H,3-4,9H2,1-2H3,(H,22,24)/b21-12-. The van der Waals surface area contributed by atoms with Crippen molar-refractivity contribution in [1.29, 1.82) is 0 Å². The van der Waals surface area contributed by atoms with Gasteiger partial charge in [-0.25, -0.2) is 5.43 Å². The number of hydrazone groups is 1. The lowest BCUT2D eigenvalue weighted by Gasteiger charge is -2.10. The van der Waals surface area contributed by atoms with Crippen LogP contribution in [0.3, 0.4) is 0 Å². The van der Waals surface area contributed by atoms with E-state index in [9.17, 15) is 14.9 Å². The van der Waals surface area contributed by atoms with Gasteiger partial charge in [0.2, 0.25) is 11.7 Å². The van der Waals surface area contributed by atoms with Gasteiger partial charge in [-0.3, -0.25) is 14.9 Å². The second-order valence-corrected chi connectivity index (χ2v) is 6.01. The highest BCUT2D eigenvalue weighted by Gasteiger charge is 2.19. The van der Waals surface area contributed by atoms with Gasteiger partial charge in [-0.2, -0.15) is 5.10 Å². The molecule has 2 aromatic carbocycles. The Morgan fingerprint density at radius 1 is 1.18 bits per heavy atom. The molecule has 0 saturated heterocycles. The van der Waals surface area contributed by atoms with Crippen LogP contribution in [-0.2, 0) is 11.2 Å². The summed E-state index contributed by atoms with van der Waals surface area (Å²) in [4.78, 5) is 22.7. The minimum absolute atomic E-state index is 0.111. The van der Waals surface area contributed by atoms with Crippen molar-refractivity contribution < 1.29 is 19.2 Å². The molecule has 0 aromatic heterocycles. The third-order valence-corrected chi connectivity index (χ3v) is 3.81. The number of hydrogen-bond donors (Lipinski definition) is 1. The molecule has 0 aliphatic heterocycles. The quantitative estimate of drug-likeness (QED) is 0.389. The van der Waals surface area contributed by atoms with Crippen LogP contribution < -0.4 is 14.9 Å². The zero-order valence-corrected chi connectivity index (χ0v) is 16.2. The average molecular weight is 406 g/mol. The molecule has 148 valence electrons. The Kier molecular flexibility index (Phi) is 7.76. The Morgan fingerprint density at radius 3 is 2.43 bits per heavy atom. The molecule has 0 radical (unpaired) electrons. The number of carbonyl (C=O) groups excluding carboxylic acids is 1. The Hall–Kier alpha value is -3.13. The minimum Gasteiger partial charge on any atom is -0.493 e. The van der Waals surface area contributed by atoms with Crippen LogP contribution >= 0.6 is 11.6 Å². The van der Waals surface area contributed by atoms with E-state index in [0.717, 1.165) is 5.56 Å². The maximum Gasteiger partial charge on any atom is 0.311 e. The maximum absolute atomic E-state index is 12.0. The SMILES string of the molecule is CCOc1cc(OCC)c([N+](=O)[O-])cc1/C=N\NC(=O)Cc1ccc(Cl)cc1. The van der Waals surface area contributed by atoms with Gasteiger partial charge in [0.05, 0.1) is 30.8 Å². The van der Waals surface area contributed by atoms with Gasteiger partial charge in [0.25, 0.3) is 0 Å². The summed E-state index contributed by atoms with van der Waals surface area (Å²) in [5.74, 6) is 0.143. The largest absolute Gasteiger partial charge is 0.493 e. The second kappa shape index (κ2) is 10.3. The highest BCUT2D eigenvalue weighted by Crippen LogP contribution is 2.34. The molecule has 2 aromatic rings. The van der Waals surface area contributed by atoms with Crippen molar-refractivity contribution in [3.8, 4) is 11.5 Å². The number of ether oxygens (including phenoxy) is 2. The summed E-state index contributed by atoms with van der Waals surface area (Å²) in [6, 6.07) is 9.62. The lowest BCUT2D eigenvalue weighted by Crippen LogP contribution is -2.19. The molecule has 1 N–H and O–H groups in total. The molecule has 0 fully saturated rings. The van der Waals surface area contributed by atoms with Crippen molar-refractivity contribution in [3.05, 3.63) is 62.7 Å². The van der Waals surface area contributed by atoms with Gasteiger partial charge in [-0.1, -0.05) is 23.7 Å². The number of benzene rings is 2. The lowest BCUT2D eigenvalue weighted by atomic mass is 10.1. The molecular weight excluding hydrogens is 386 g/mol. The molecule has 0 heterocycles. The number of carbonyl (C=O) groups is 1. The first-order valence-corrected chi connectivity index (χ1v) is 8.96. The maximum atomic E-state index is 12.0. The molecule has 0 aliphatic carbocycles. The zero-order valence-electron chi connectivity index (χ0n) is 15.5. The van der Waals surface area contributed by atoms with Gasteiger partial charge in [0, 0.05) is 22.7 Å². The van der Waals surface area contributed by atoms with Crippen LogP contribution in [0, 0.1) is 10.1 Å². The fourth-order valence-corrected chi connectivity index (χ4v) is 2.49. The van der Waals surface area contributed by atoms with Crippen molar-refractivity contribution in [2.75, 3.05) is 13.2 Å². The Bertz CT molecular complexity index is 869. The zero-order chi connectivity index (χ0) is 20.5. The molecule has 0 aliphatic rings. The summed E-state index contributed by atoms with van der Waals surface area (Å²) >= 11 is 5.81. The molecule has 2 rings (SSSR count). The van der Waals surface area contributed by atoms with Crippen molar-refractivity contribution in [2.45, 2.75) is 20.3 Å². The van der Waals surface area contributed by atoms with E-state index in [1.807, 2.05) is 0 Å². The van der Waals surface area contributed by atoms with Gasteiger partial charge in [0.15, 0.2) is 0 Å². The number of halogens is 1. The number of nitro benzene ring substituents is 1. The van der Waals surface area contributed by atoms with Crippen LogP contribution in [-0.4, -0.2) is 30.3 Å². The fraction of sp³-hybridized carbons (Fsp3) is 0.263. The van der Waals surface area contributed by atoms with Crippen LogP contribution in [0.15, 0.2) is 41.5 Å². The van der Waals surface area contributed by atoms with E-state index in [-0.39, 0.29) is 30.4 Å². The summed E-state index contributed by atoms with van der Waals surface area (Å²) in [5, 5.41) is 15.8. The van der Waals surface area contributed by atoms with E-state index < -0.39 is 4.92 Å². The van der Waals surface area contributed by atoms with Gasteiger partial charge >= 0.3 is 5.69 Å². The second-order valence-electron chi connectivity index (χ2n) is 5.58. The average Bonchev–Trinajstić information content (AvgIpc) is 2.65. The molecule has 0 saturated carbocycles. The van der Waals surface area contributed by atoms with Gasteiger partial charge in [0.1, 0.15) is 5.75 Å². The summed E-state index contributed by atoms with van der Waals surface area (Å²) < 4.78 is 10.8. The van der Waals surface area contributed by atoms with Crippen molar-refractivity contribution in [2.24, 2.45) is 5.10 Å². The third kappa shape index (κ3) is 5.95. The molecule has 0 bridgehead atoms. The minimum atomic E-state index is -0.544. The van der Waals surface area contributed by atoms with Gasteiger partial charge < -0.3 is 9.47 Å². The van der Waals surface area contributed by atoms with Crippen molar-refractivity contribution in [1.82, 2.24) is 5.43 Å². The number of nitrogens with zero attached hydrogens (tertiary/aromatic N) is 2. The fourth-order valence-electron chi connectivity index (χ4n) is 2.36. The first-order chi connectivity index (χ1) is 13.4. The Morgan fingerprint density at radius 2 is 1.82 bits per heavy atom. The van der Waals surface area contributed by atoms with E-state index in [0.29, 0.717) is 22.9 Å². The monoisotopic (exact) mass is 405 g/mol. The van der Waals surface area contributed by atoms with Crippen LogP contribution in [0.2, 0.25) is 5.02 Å². The molecule has 0 unspecified atom stereocenters. The first kappa shape index (κ1) is 21.2. The Labute approximate surface area is 167 Å². The molecule has 8 nitrogen and oxygen atoms in total. The van der Waals surface area contributed by atoms with Crippen molar-refractivity contribution in [3.63, 3.8) is 0 Å².